The van der Waals surface area contributed by atoms with Crippen molar-refractivity contribution in [3.05, 3.63) is 0 Å². The number of aliphatic hydroxyl groups excluding tert-OH is 10. The second kappa shape index (κ2) is 18.1. The van der Waals surface area contributed by atoms with Crippen LogP contribution in [0.3, 0.4) is 0 Å². The van der Waals surface area contributed by atoms with Crippen molar-refractivity contribution in [3.63, 3.8) is 0 Å². The number of aliphatic carboxylic acids is 2. The SMILES string of the molecule is CO[C@H]1[C@H](O)[C@@H](O[C@H]2O[C@H](C(=O)O)[C@@H](OC)[C@H](O)[C@H]2O[C@@H]2OC[C@@H](O[C@@H]3OC[C@@H](O[C@@H]4OC[C@@H](O)[C@H](O)[C@H]4O)[C@H](O)[C@H]3O)[C@H](O)[C@H]2O)[C@@H](O)O[C@@H]1C(=O)O. The summed E-state index contributed by atoms with van der Waals surface area (Å²) in [5.74, 6) is -3.25. The Kier molecular flexibility index (Phi) is 14.5. The number of carboxylic acids is 2. The van der Waals surface area contributed by atoms with Gasteiger partial charge in [0.05, 0.1) is 19.8 Å². The van der Waals surface area contributed by atoms with E-state index >= 15 is 0 Å². The van der Waals surface area contributed by atoms with Crippen molar-refractivity contribution < 1.29 is 123 Å². The van der Waals surface area contributed by atoms with Gasteiger partial charge < -0.3 is 113 Å². The number of carboxylic acid groups (broad SMARTS) is 2. The number of hydrogen-bond donors (Lipinski definition) is 12. The summed E-state index contributed by atoms with van der Waals surface area (Å²) in [4.78, 5) is 23.6. The summed E-state index contributed by atoms with van der Waals surface area (Å²) in [7, 11) is 2.08. The van der Waals surface area contributed by atoms with Crippen molar-refractivity contribution in [3.8, 4) is 0 Å². The molecule has 0 amide bonds. The summed E-state index contributed by atoms with van der Waals surface area (Å²) in [6, 6.07) is 0. The van der Waals surface area contributed by atoms with Crippen molar-refractivity contribution in [1.29, 1.82) is 0 Å². The minimum atomic E-state index is -2.17. The zero-order chi connectivity index (χ0) is 39.8. The fraction of sp³-hybridized carbons (Fsp3) is 0.931. The number of carbonyl (C=O) groups is 2. The van der Waals surface area contributed by atoms with E-state index in [0.29, 0.717) is 0 Å². The summed E-state index contributed by atoms with van der Waals surface area (Å²) in [5.41, 5.74) is 0. The maximum Gasteiger partial charge on any atom is 0.335 e. The molecule has 25 nitrogen and oxygen atoms in total. The quantitative estimate of drug-likeness (QED) is 0.0872. The van der Waals surface area contributed by atoms with Crippen molar-refractivity contribution in [2.24, 2.45) is 0 Å². The largest absolute Gasteiger partial charge is 0.479 e. The summed E-state index contributed by atoms with van der Waals surface area (Å²) in [6.07, 6.45) is -38.9. The van der Waals surface area contributed by atoms with Crippen LogP contribution in [0.2, 0.25) is 0 Å². The number of aliphatic hydroxyl groups is 10. The molecular weight excluding hydrogens is 748 g/mol. The van der Waals surface area contributed by atoms with Crippen LogP contribution in [0.25, 0.3) is 0 Å². The van der Waals surface area contributed by atoms with E-state index in [1.807, 2.05) is 0 Å². The Morgan fingerprint density at radius 1 is 0.463 bits per heavy atom. The average molecular weight is 795 g/mol. The first kappa shape index (κ1) is 43.2. The van der Waals surface area contributed by atoms with Crippen LogP contribution in [0.15, 0.2) is 0 Å². The molecule has 5 rings (SSSR count). The fourth-order valence-corrected chi connectivity index (χ4v) is 6.56. The lowest BCUT2D eigenvalue weighted by Crippen LogP contribution is -2.67. The highest BCUT2D eigenvalue weighted by molar-refractivity contribution is 5.74. The number of ether oxygens (including phenoxy) is 11. The zero-order valence-corrected chi connectivity index (χ0v) is 28.5. The van der Waals surface area contributed by atoms with E-state index in [4.69, 9.17) is 52.1 Å². The van der Waals surface area contributed by atoms with Crippen LogP contribution in [0.5, 0.6) is 0 Å². The monoisotopic (exact) mass is 794 g/mol. The zero-order valence-electron chi connectivity index (χ0n) is 28.5. The summed E-state index contributed by atoms with van der Waals surface area (Å²) in [6.45, 7) is -1.47. The highest BCUT2D eigenvalue weighted by Crippen LogP contribution is 2.34. The lowest BCUT2D eigenvalue weighted by Gasteiger charge is -2.48. The maximum atomic E-state index is 12.0. The Morgan fingerprint density at radius 3 is 1.35 bits per heavy atom. The van der Waals surface area contributed by atoms with Crippen molar-refractivity contribution in [1.82, 2.24) is 0 Å². The van der Waals surface area contributed by atoms with Crippen molar-refractivity contribution in [2.75, 3.05) is 34.0 Å². The van der Waals surface area contributed by atoms with Gasteiger partial charge in [0.1, 0.15) is 91.6 Å². The predicted octanol–water partition coefficient (Wildman–Crippen LogP) is -8.51. The molecule has 12 N–H and O–H groups in total. The normalized spacial score (nSPS) is 50.4. The van der Waals surface area contributed by atoms with Crippen LogP contribution >= 0.6 is 0 Å². The van der Waals surface area contributed by atoms with Crippen LogP contribution in [0, 0.1) is 0 Å². The Bertz CT molecular complexity index is 1250. The maximum absolute atomic E-state index is 12.0. The molecule has 5 fully saturated rings. The van der Waals surface area contributed by atoms with E-state index in [1.165, 1.54) is 0 Å². The Morgan fingerprint density at radius 2 is 0.870 bits per heavy atom. The van der Waals surface area contributed by atoms with Gasteiger partial charge in [0.2, 0.25) is 0 Å². The van der Waals surface area contributed by atoms with E-state index in [0.717, 1.165) is 14.2 Å². The molecule has 0 unspecified atom stereocenters. The highest BCUT2D eigenvalue weighted by Gasteiger charge is 2.56. The van der Waals surface area contributed by atoms with Crippen LogP contribution < -0.4 is 0 Å². The number of hydrogen-bond acceptors (Lipinski definition) is 23. The van der Waals surface area contributed by atoms with Gasteiger partial charge in [-0.15, -0.1) is 0 Å². The Labute approximate surface area is 304 Å². The molecule has 312 valence electrons. The van der Waals surface area contributed by atoms with Gasteiger partial charge >= 0.3 is 11.9 Å². The topological polar surface area (TPSA) is 378 Å². The van der Waals surface area contributed by atoms with Crippen LogP contribution in [0.4, 0.5) is 0 Å². The molecule has 0 aromatic heterocycles. The first-order valence-electron chi connectivity index (χ1n) is 16.6. The average Bonchev–Trinajstić information content (AvgIpc) is 3.13. The van der Waals surface area contributed by atoms with E-state index in [9.17, 15) is 70.9 Å². The number of methoxy groups -OCH3 is 2. The smallest absolute Gasteiger partial charge is 0.335 e. The minimum absolute atomic E-state index is 0.394. The molecule has 22 atom stereocenters. The van der Waals surface area contributed by atoms with Gasteiger partial charge in [-0.25, -0.2) is 9.59 Å². The molecule has 0 bridgehead atoms. The minimum Gasteiger partial charge on any atom is -0.479 e. The molecule has 0 aliphatic carbocycles. The van der Waals surface area contributed by atoms with E-state index in [-0.39, 0.29) is 0 Å². The van der Waals surface area contributed by atoms with Gasteiger partial charge in [-0.3, -0.25) is 0 Å². The predicted molar refractivity (Wildman–Crippen MR) is 159 cm³/mol. The fourth-order valence-electron chi connectivity index (χ4n) is 6.56. The lowest BCUT2D eigenvalue weighted by molar-refractivity contribution is -0.386. The summed E-state index contributed by atoms with van der Waals surface area (Å²) < 4.78 is 59.1. The molecule has 25 heteroatoms. The molecule has 5 aliphatic heterocycles. The van der Waals surface area contributed by atoms with Crippen LogP contribution in [-0.2, 0) is 61.7 Å². The molecule has 0 saturated carbocycles. The van der Waals surface area contributed by atoms with Gasteiger partial charge in [0.25, 0.3) is 0 Å². The first-order valence-corrected chi connectivity index (χ1v) is 16.6. The van der Waals surface area contributed by atoms with E-state index in [2.05, 4.69) is 0 Å². The summed E-state index contributed by atoms with van der Waals surface area (Å²) in [5, 5.41) is 125. The molecule has 5 heterocycles. The van der Waals surface area contributed by atoms with E-state index < -0.39 is 167 Å². The van der Waals surface area contributed by atoms with Crippen molar-refractivity contribution in [2.45, 2.75) is 135 Å². The molecule has 5 saturated heterocycles. The van der Waals surface area contributed by atoms with Crippen LogP contribution in [0.1, 0.15) is 0 Å². The third kappa shape index (κ3) is 8.81. The molecule has 0 aromatic rings. The molecule has 54 heavy (non-hydrogen) atoms. The van der Waals surface area contributed by atoms with Crippen molar-refractivity contribution >= 4 is 11.9 Å². The molecule has 5 aliphatic rings. The first-order chi connectivity index (χ1) is 25.5. The molecule has 0 aromatic carbocycles. The standard InChI is InChI=1S/C29H46O25/c1-44-17-15(37)19(25(43)51-21(17)23(39)40)52-29-20(16(38)18(45-2)22(54-29)24(41)42)53-28-14(36)11(33)8(5-48-28)50-27-13(35)10(32)7(4-47-27)49-26-12(34)9(31)6(30)3-46-26/h6-22,25-38,43H,3-5H2,1-2H3,(H,39,40)(H,41,42)/t6-,7-,8-,9+,10+,11+,12-,13-,14-,15+,16+,17+,18+,19-,20-,21+,22+,25+,26+,27+,28+,29+/m1/s1. The van der Waals surface area contributed by atoms with Gasteiger partial charge in [-0.1, -0.05) is 0 Å². The summed E-state index contributed by atoms with van der Waals surface area (Å²) >= 11 is 0. The lowest BCUT2D eigenvalue weighted by atomic mass is 9.96. The van der Waals surface area contributed by atoms with Crippen LogP contribution in [-0.4, -0.2) is 242 Å². The Hall–Kier alpha value is -1.90. The molecular formula is C29H46O25. The van der Waals surface area contributed by atoms with Gasteiger partial charge in [-0.05, 0) is 0 Å². The molecule has 0 radical (unpaired) electrons. The number of rotatable bonds is 12. The Balaban J connectivity index is 1.23. The highest BCUT2D eigenvalue weighted by atomic mass is 16.8. The van der Waals surface area contributed by atoms with E-state index in [1.54, 1.807) is 0 Å². The van der Waals surface area contributed by atoms with Gasteiger partial charge in [-0.2, -0.15) is 0 Å². The molecule has 0 spiro atoms. The van der Waals surface area contributed by atoms with Gasteiger partial charge in [0, 0.05) is 14.2 Å². The second-order valence-electron chi connectivity index (χ2n) is 13.1. The van der Waals surface area contributed by atoms with Gasteiger partial charge in [0.15, 0.2) is 43.7 Å². The third-order valence-electron chi connectivity index (χ3n) is 9.61. The second-order valence-corrected chi connectivity index (χ2v) is 13.1. The third-order valence-corrected chi connectivity index (χ3v) is 9.61.